The summed E-state index contributed by atoms with van der Waals surface area (Å²) in [6.45, 7) is 8.24. The molecule has 1 aromatic carbocycles. The van der Waals surface area contributed by atoms with Gasteiger partial charge in [0.2, 0.25) is 0 Å². The zero-order valence-electron chi connectivity index (χ0n) is 12.3. The normalized spacial score (nSPS) is 10.7. The van der Waals surface area contributed by atoms with Crippen molar-refractivity contribution < 1.29 is 9.66 Å². The Hall–Kier alpha value is -2.11. The molecule has 20 heavy (non-hydrogen) atoms. The summed E-state index contributed by atoms with van der Waals surface area (Å²) in [6.07, 6.45) is 0. The molecule has 0 bridgehead atoms. The van der Waals surface area contributed by atoms with Crippen molar-refractivity contribution >= 4 is 11.7 Å². The quantitative estimate of drug-likeness (QED) is 0.388. The van der Waals surface area contributed by atoms with Crippen LogP contribution in [0.1, 0.15) is 33.3 Å². The second kappa shape index (κ2) is 6.88. The van der Waals surface area contributed by atoms with Crippen molar-refractivity contribution in [3.8, 4) is 0 Å². The van der Waals surface area contributed by atoms with E-state index in [4.69, 9.17) is 10.1 Å². The number of hydrogen-bond acceptors (Lipinski definition) is 4. The predicted octanol–water partition coefficient (Wildman–Crippen LogP) is 3.16. The number of nitro benzene ring substituents is 1. The Morgan fingerprint density at radius 2 is 1.75 bits per heavy atom. The monoisotopic (exact) mass is 279 g/mol. The van der Waals surface area contributed by atoms with Gasteiger partial charge in [0.05, 0.1) is 4.92 Å². The molecule has 0 aliphatic rings. The van der Waals surface area contributed by atoms with E-state index in [1.165, 1.54) is 12.1 Å². The van der Waals surface area contributed by atoms with Crippen LogP contribution in [0.25, 0.3) is 0 Å². The highest BCUT2D eigenvalue weighted by Gasteiger charge is 2.18. The summed E-state index contributed by atoms with van der Waals surface area (Å²) in [5, 5.41) is 18.5. The molecule has 6 heteroatoms. The number of amidine groups is 1. The van der Waals surface area contributed by atoms with Gasteiger partial charge in [0, 0.05) is 24.2 Å². The van der Waals surface area contributed by atoms with E-state index < -0.39 is 4.92 Å². The van der Waals surface area contributed by atoms with E-state index in [9.17, 15) is 10.1 Å². The van der Waals surface area contributed by atoms with Gasteiger partial charge in [-0.2, -0.15) is 0 Å². The Morgan fingerprint density at radius 3 is 2.15 bits per heavy atom. The summed E-state index contributed by atoms with van der Waals surface area (Å²) >= 11 is 0. The largest absolute Gasteiger partial charge is 0.460 e. The minimum absolute atomic E-state index is 0.0508. The van der Waals surface area contributed by atoms with E-state index in [-0.39, 0.29) is 30.4 Å². The molecule has 0 saturated heterocycles. The molecule has 0 saturated carbocycles. The Kier molecular flexibility index (Phi) is 5.49. The van der Waals surface area contributed by atoms with Crippen molar-refractivity contribution in [3.63, 3.8) is 0 Å². The van der Waals surface area contributed by atoms with Gasteiger partial charge in [-0.25, -0.2) is 0 Å². The van der Waals surface area contributed by atoms with Crippen LogP contribution in [0.3, 0.4) is 0 Å². The third-order valence-corrected chi connectivity index (χ3v) is 2.87. The SMILES string of the molecule is CC(C)N(C(=N)OCc1ccc([N+](=O)[O-])cc1)C(C)C. The van der Waals surface area contributed by atoms with E-state index in [1.54, 1.807) is 12.1 Å². The summed E-state index contributed by atoms with van der Waals surface area (Å²) in [6, 6.07) is 6.63. The van der Waals surface area contributed by atoms with Gasteiger partial charge in [-0.15, -0.1) is 0 Å². The first-order valence-electron chi connectivity index (χ1n) is 6.56. The first-order chi connectivity index (χ1) is 9.32. The van der Waals surface area contributed by atoms with Gasteiger partial charge in [-0.05, 0) is 45.4 Å². The van der Waals surface area contributed by atoms with Gasteiger partial charge >= 0.3 is 0 Å². The smallest absolute Gasteiger partial charge is 0.285 e. The van der Waals surface area contributed by atoms with Gasteiger partial charge in [-0.3, -0.25) is 15.5 Å². The van der Waals surface area contributed by atoms with Crippen LogP contribution in [0.5, 0.6) is 0 Å². The lowest BCUT2D eigenvalue weighted by Gasteiger charge is -2.32. The lowest BCUT2D eigenvalue weighted by molar-refractivity contribution is -0.384. The minimum atomic E-state index is -0.439. The first-order valence-corrected chi connectivity index (χ1v) is 6.56. The summed E-state index contributed by atoms with van der Waals surface area (Å²) in [4.78, 5) is 12.0. The average Bonchev–Trinajstić information content (AvgIpc) is 2.36. The Bertz CT molecular complexity index is 461. The topological polar surface area (TPSA) is 79.5 Å². The number of non-ortho nitro benzene ring substituents is 1. The highest BCUT2D eigenvalue weighted by molar-refractivity contribution is 5.71. The molecular weight excluding hydrogens is 258 g/mol. The molecule has 110 valence electrons. The van der Waals surface area contributed by atoms with Crippen molar-refractivity contribution in [1.82, 2.24) is 4.90 Å². The predicted molar refractivity (Wildman–Crippen MR) is 77.7 cm³/mol. The number of ether oxygens (including phenoxy) is 1. The van der Waals surface area contributed by atoms with Crippen molar-refractivity contribution in [2.75, 3.05) is 0 Å². The highest BCUT2D eigenvalue weighted by Crippen LogP contribution is 2.13. The minimum Gasteiger partial charge on any atom is -0.460 e. The third-order valence-electron chi connectivity index (χ3n) is 2.87. The summed E-state index contributed by atoms with van der Waals surface area (Å²) in [7, 11) is 0. The zero-order valence-corrected chi connectivity index (χ0v) is 12.3. The molecule has 6 nitrogen and oxygen atoms in total. The lowest BCUT2D eigenvalue weighted by atomic mass is 10.2. The number of hydrogen-bond donors (Lipinski definition) is 1. The van der Waals surface area contributed by atoms with Crippen LogP contribution in [0.2, 0.25) is 0 Å². The Balaban J connectivity index is 2.62. The van der Waals surface area contributed by atoms with Gasteiger partial charge in [0.15, 0.2) is 0 Å². The van der Waals surface area contributed by atoms with Gasteiger partial charge in [0.25, 0.3) is 11.7 Å². The maximum Gasteiger partial charge on any atom is 0.285 e. The van der Waals surface area contributed by atoms with E-state index in [1.807, 2.05) is 32.6 Å². The molecule has 0 spiro atoms. The van der Waals surface area contributed by atoms with Crippen LogP contribution >= 0.6 is 0 Å². The molecule has 0 fully saturated rings. The maximum absolute atomic E-state index is 10.6. The molecule has 0 aliphatic carbocycles. The Labute approximate surface area is 119 Å². The average molecular weight is 279 g/mol. The summed E-state index contributed by atoms with van der Waals surface area (Å²) in [5.74, 6) is 0. The first kappa shape index (κ1) is 15.9. The van der Waals surface area contributed by atoms with Crippen LogP contribution in [0.4, 0.5) is 5.69 Å². The van der Waals surface area contributed by atoms with Crippen LogP contribution in [-0.2, 0) is 11.3 Å². The fourth-order valence-corrected chi connectivity index (χ4v) is 2.01. The second-order valence-corrected chi connectivity index (χ2v) is 5.11. The maximum atomic E-state index is 10.6. The zero-order chi connectivity index (χ0) is 15.3. The van der Waals surface area contributed by atoms with Gasteiger partial charge in [0.1, 0.15) is 6.61 Å². The molecule has 1 rings (SSSR count). The second-order valence-electron chi connectivity index (χ2n) is 5.11. The molecule has 0 radical (unpaired) electrons. The van der Waals surface area contributed by atoms with E-state index in [0.717, 1.165) is 5.56 Å². The number of nitrogens with zero attached hydrogens (tertiary/aromatic N) is 2. The molecular formula is C14H21N3O3. The van der Waals surface area contributed by atoms with Crippen LogP contribution < -0.4 is 0 Å². The lowest BCUT2D eigenvalue weighted by Crippen LogP contribution is -2.42. The van der Waals surface area contributed by atoms with Crippen LogP contribution in [-0.4, -0.2) is 27.9 Å². The highest BCUT2D eigenvalue weighted by atomic mass is 16.6. The third kappa shape index (κ3) is 4.22. The molecule has 1 aromatic rings. The van der Waals surface area contributed by atoms with E-state index in [2.05, 4.69) is 0 Å². The van der Waals surface area contributed by atoms with Crippen LogP contribution in [0.15, 0.2) is 24.3 Å². The summed E-state index contributed by atoms with van der Waals surface area (Å²) in [5.41, 5.74) is 0.850. The van der Waals surface area contributed by atoms with Gasteiger partial charge < -0.3 is 9.64 Å². The van der Waals surface area contributed by atoms with E-state index >= 15 is 0 Å². The fraction of sp³-hybridized carbons (Fsp3) is 0.500. The molecule has 0 heterocycles. The fourth-order valence-electron chi connectivity index (χ4n) is 2.01. The molecule has 1 N–H and O–H groups in total. The Morgan fingerprint density at radius 1 is 1.25 bits per heavy atom. The van der Waals surface area contributed by atoms with Crippen molar-refractivity contribution in [2.45, 2.75) is 46.4 Å². The van der Waals surface area contributed by atoms with Crippen LogP contribution in [0, 0.1) is 15.5 Å². The molecule has 0 unspecified atom stereocenters. The number of rotatable bonds is 5. The number of benzene rings is 1. The molecule has 0 aliphatic heterocycles. The molecule has 0 aromatic heterocycles. The van der Waals surface area contributed by atoms with Crippen molar-refractivity contribution in [3.05, 3.63) is 39.9 Å². The standard InChI is InChI=1S/C14H21N3O3/c1-10(2)16(11(3)4)14(15)20-9-12-5-7-13(8-6-12)17(18)19/h5-8,10-11,15H,9H2,1-4H3. The molecule has 0 amide bonds. The van der Waals surface area contributed by atoms with Crippen molar-refractivity contribution in [2.24, 2.45) is 0 Å². The number of nitro groups is 1. The van der Waals surface area contributed by atoms with Gasteiger partial charge in [-0.1, -0.05) is 0 Å². The summed E-state index contributed by atoms with van der Waals surface area (Å²) < 4.78 is 5.45. The number of nitrogens with one attached hydrogen (secondary N) is 1. The van der Waals surface area contributed by atoms with E-state index in [0.29, 0.717) is 0 Å². The molecule has 0 atom stereocenters. The van der Waals surface area contributed by atoms with Crippen molar-refractivity contribution in [1.29, 1.82) is 5.41 Å².